The molecule has 0 radical (unpaired) electrons. The predicted octanol–water partition coefficient (Wildman–Crippen LogP) is 2.99. The Balaban J connectivity index is 0.00000240. The smallest absolute Gasteiger partial charge is 0.204 e. The van der Waals surface area contributed by atoms with Crippen LogP contribution in [0.1, 0.15) is 39.9 Å². The van der Waals surface area contributed by atoms with Gasteiger partial charge in [-0.25, -0.2) is 4.98 Å². The van der Waals surface area contributed by atoms with Crippen molar-refractivity contribution < 1.29 is 4.74 Å². The molecule has 0 bridgehead atoms. The van der Waals surface area contributed by atoms with Gasteiger partial charge in [0.15, 0.2) is 5.82 Å². The highest BCUT2D eigenvalue weighted by molar-refractivity contribution is 5.85. The van der Waals surface area contributed by atoms with E-state index in [0.29, 0.717) is 6.54 Å². The molecule has 1 aromatic carbocycles. The standard InChI is InChI=1S/C20H29N7O.CH4/c1-13-11-26(12-14(2)28-13)16-6-7-18-17(10-16)23-19(22-9-5-4-8-21)20-25-24-15(3)27(18)20;/h6-7,10,13-14H,4-5,8-9,11-12,21H2,1-3H3,(H,22,23);1H4/t13-,14+;. The number of anilines is 2. The lowest BCUT2D eigenvalue weighted by atomic mass is 10.2. The molecule has 1 aliphatic rings. The lowest BCUT2D eigenvalue weighted by molar-refractivity contribution is -0.00521. The Hall–Kier alpha value is -2.45. The first-order valence-electron chi connectivity index (χ1n) is 10.1. The molecule has 0 unspecified atom stereocenters. The van der Waals surface area contributed by atoms with Gasteiger partial charge in [0.25, 0.3) is 0 Å². The highest BCUT2D eigenvalue weighted by Crippen LogP contribution is 2.27. The first kappa shape index (κ1) is 21.3. The summed E-state index contributed by atoms with van der Waals surface area (Å²) in [6.45, 7) is 9.49. The molecule has 0 spiro atoms. The monoisotopic (exact) mass is 399 g/mol. The summed E-state index contributed by atoms with van der Waals surface area (Å²) in [6, 6.07) is 6.43. The average molecular weight is 400 g/mol. The number of morpholine rings is 1. The van der Waals surface area contributed by atoms with Gasteiger partial charge in [0.1, 0.15) is 5.82 Å². The molecule has 0 aliphatic carbocycles. The van der Waals surface area contributed by atoms with Gasteiger partial charge in [-0.15, -0.1) is 10.2 Å². The zero-order valence-corrected chi connectivity index (χ0v) is 16.9. The van der Waals surface area contributed by atoms with Crippen molar-refractivity contribution in [1.29, 1.82) is 0 Å². The molecule has 2 atom stereocenters. The average Bonchev–Trinajstić information content (AvgIpc) is 3.06. The van der Waals surface area contributed by atoms with Crippen molar-refractivity contribution in [1.82, 2.24) is 19.6 Å². The summed E-state index contributed by atoms with van der Waals surface area (Å²) in [4.78, 5) is 7.26. The fourth-order valence-electron chi connectivity index (χ4n) is 3.95. The Morgan fingerprint density at radius 1 is 1.17 bits per heavy atom. The Bertz CT molecular complexity index is 960. The van der Waals surface area contributed by atoms with E-state index in [9.17, 15) is 0 Å². The third-order valence-corrected chi connectivity index (χ3v) is 5.18. The maximum absolute atomic E-state index is 5.87. The van der Waals surface area contributed by atoms with Crippen molar-refractivity contribution in [2.45, 2.75) is 53.2 Å². The number of rotatable bonds is 6. The number of fused-ring (bicyclic) bond motifs is 3. The molecule has 2 aromatic heterocycles. The van der Waals surface area contributed by atoms with E-state index in [-0.39, 0.29) is 19.6 Å². The van der Waals surface area contributed by atoms with E-state index in [2.05, 4.69) is 56.9 Å². The number of aryl methyl sites for hydroxylation is 1. The minimum Gasteiger partial charge on any atom is -0.372 e. The van der Waals surface area contributed by atoms with Crippen molar-refractivity contribution in [2.75, 3.05) is 36.4 Å². The molecule has 1 fully saturated rings. The largest absolute Gasteiger partial charge is 0.372 e. The number of hydrogen-bond donors (Lipinski definition) is 2. The van der Waals surface area contributed by atoms with Gasteiger partial charge in [-0.2, -0.15) is 0 Å². The first-order chi connectivity index (χ1) is 13.6. The van der Waals surface area contributed by atoms with Crippen LogP contribution in [0.15, 0.2) is 18.2 Å². The third-order valence-electron chi connectivity index (χ3n) is 5.18. The van der Waals surface area contributed by atoms with Gasteiger partial charge in [-0.3, -0.25) is 4.40 Å². The molecule has 1 saturated heterocycles. The number of benzene rings is 1. The van der Waals surface area contributed by atoms with Crippen LogP contribution in [0, 0.1) is 6.92 Å². The summed E-state index contributed by atoms with van der Waals surface area (Å²) in [5.41, 5.74) is 9.48. The van der Waals surface area contributed by atoms with Crippen LogP contribution < -0.4 is 16.0 Å². The Morgan fingerprint density at radius 3 is 2.66 bits per heavy atom. The van der Waals surface area contributed by atoms with Crippen LogP contribution in [0.25, 0.3) is 16.7 Å². The van der Waals surface area contributed by atoms with Crippen molar-refractivity contribution in [2.24, 2.45) is 5.73 Å². The number of unbranched alkanes of at least 4 members (excludes halogenated alkanes) is 1. The lowest BCUT2D eigenvalue weighted by Crippen LogP contribution is -2.45. The maximum Gasteiger partial charge on any atom is 0.204 e. The van der Waals surface area contributed by atoms with Gasteiger partial charge in [0.2, 0.25) is 5.65 Å². The molecular weight excluding hydrogens is 366 g/mol. The van der Waals surface area contributed by atoms with Crippen LogP contribution in [0.3, 0.4) is 0 Å². The first-order valence-corrected chi connectivity index (χ1v) is 10.1. The molecule has 3 heterocycles. The van der Waals surface area contributed by atoms with Crippen LogP contribution in [0.5, 0.6) is 0 Å². The molecule has 29 heavy (non-hydrogen) atoms. The van der Waals surface area contributed by atoms with Crippen LogP contribution in [0.2, 0.25) is 0 Å². The summed E-state index contributed by atoms with van der Waals surface area (Å²) < 4.78 is 7.95. The molecule has 0 saturated carbocycles. The Kier molecular flexibility index (Phi) is 6.54. The second-order valence-electron chi connectivity index (χ2n) is 7.62. The van der Waals surface area contributed by atoms with E-state index >= 15 is 0 Å². The normalized spacial score (nSPS) is 19.5. The summed E-state index contributed by atoms with van der Waals surface area (Å²) in [6.07, 6.45) is 2.42. The van der Waals surface area contributed by atoms with Crippen LogP contribution in [-0.4, -0.2) is 58.0 Å². The minimum atomic E-state index is 0. The highest BCUT2D eigenvalue weighted by Gasteiger charge is 2.23. The summed E-state index contributed by atoms with van der Waals surface area (Å²) in [5.74, 6) is 1.62. The fraction of sp³-hybridized carbons (Fsp3) is 0.571. The van der Waals surface area contributed by atoms with E-state index in [1.54, 1.807) is 0 Å². The third kappa shape index (κ3) is 4.28. The number of hydrogen-bond acceptors (Lipinski definition) is 7. The maximum atomic E-state index is 5.87. The molecule has 0 amide bonds. The number of aromatic nitrogens is 4. The summed E-state index contributed by atoms with van der Waals surface area (Å²) in [5, 5.41) is 12.0. The highest BCUT2D eigenvalue weighted by atomic mass is 16.5. The molecule has 3 aromatic rings. The van der Waals surface area contributed by atoms with Crippen molar-refractivity contribution >= 4 is 28.2 Å². The molecule has 1 aliphatic heterocycles. The fourth-order valence-corrected chi connectivity index (χ4v) is 3.95. The molecule has 158 valence electrons. The second-order valence-corrected chi connectivity index (χ2v) is 7.62. The van der Waals surface area contributed by atoms with Crippen molar-refractivity contribution in [3.05, 3.63) is 24.0 Å². The van der Waals surface area contributed by atoms with E-state index in [1.165, 1.54) is 5.69 Å². The summed E-state index contributed by atoms with van der Waals surface area (Å²) >= 11 is 0. The van der Waals surface area contributed by atoms with Gasteiger partial charge < -0.3 is 20.7 Å². The molecule has 4 rings (SSSR count). The van der Waals surface area contributed by atoms with E-state index in [4.69, 9.17) is 15.5 Å². The number of ether oxygens (including phenoxy) is 1. The number of nitrogens with zero attached hydrogens (tertiary/aromatic N) is 5. The second kappa shape index (κ2) is 8.92. The quantitative estimate of drug-likeness (QED) is 0.615. The van der Waals surface area contributed by atoms with Gasteiger partial charge in [0, 0.05) is 25.3 Å². The zero-order valence-electron chi connectivity index (χ0n) is 16.9. The van der Waals surface area contributed by atoms with Crippen molar-refractivity contribution in [3.8, 4) is 0 Å². The molecule has 3 N–H and O–H groups in total. The zero-order chi connectivity index (χ0) is 19.7. The molecular formula is C21H33N7O. The summed E-state index contributed by atoms with van der Waals surface area (Å²) in [7, 11) is 0. The van der Waals surface area contributed by atoms with Gasteiger partial charge in [0.05, 0.1) is 23.2 Å². The molecule has 8 nitrogen and oxygen atoms in total. The minimum absolute atomic E-state index is 0. The van der Waals surface area contributed by atoms with Crippen LogP contribution in [0.4, 0.5) is 11.5 Å². The van der Waals surface area contributed by atoms with Gasteiger partial charge in [-0.05, 0) is 58.4 Å². The van der Waals surface area contributed by atoms with E-state index < -0.39 is 0 Å². The van der Waals surface area contributed by atoms with E-state index in [1.807, 2.05) is 6.92 Å². The van der Waals surface area contributed by atoms with Crippen LogP contribution >= 0.6 is 0 Å². The van der Waals surface area contributed by atoms with Gasteiger partial charge >= 0.3 is 0 Å². The SMILES string of the molecule is C.Cc1nnc2c(NCCCCN)nc3cc(N4C[C@@H](C)O[C@@H](C)C4)ccc3n12. The van der Waals surface area contributed by atoms with E-state index in [0.717, 1.165) is 60.8 Å². The number of nitrogens with two attached hydrogens (primary N) is 1. The Labute approximate surface area is 172 Å². The topological polar surface area (TPSA) is 93.6 Å². The Morgan fingerprint density at radius 2 is 1.93 bits per heavy atom. The molecule has 8 heteroatoms. The van der Waals surface area contributed by atoms with Crippen LogP contribution in [-0.2, 0) is 4.74 Å². The van der Waals surface area contributed by atoms with Crippen molar-refractivity contribution in [3.63, 3.8) is 0 Å². The predicted molar refractivity (Wildman–Crippen MR) is 119 cm³/mol. The lowest BCUT2D eigenvalue weighted by Gasteiger charge is -2.36. The van der Waals surface area contributed by atoms with Gasteiger partial charge in [-0.1, -0.05) is 7.43 Å². The number of nitrogens with one attached hydrogen (secondary N) is 1.